The molecule has 0 amide bonds. The Balaban J connectivity index is 3.29. The number of benzene rings is 1. The average molecular weight is 298 g/mol. The number of allylic oxidation sites excluding steroid dienone is 2. The SMILES string of the molecule is C#Cc1cc(Cl)cc(OC(C(C)=O)=C(N=C)C(F)F)c1. The number of hydrogen-bond donors (Lipinski definition) is 0. The zero-order valence-corrected chi connectivity index (χ0v) is 11.2. The minimum absolute atomic E-state index is 0.0671. The number of Topliss-reactive ketones (excluding diaryl/α,β-unsaturated/α-hetero) is 1. The lowest BCUT2D eigenvalue weighted by Gasteiger charge is -2.11. The summed E-state index contributed by atoms with van der Waals surface area (Å²) < 4.78 is 30.7. The van der Waals surface area contributed by atoms with E-state index in [2.05, 4.69) is 17.6 Å². The van der Waals surface area contributed by atoms with E-state index in [9.17, 15) is 13.6 Å². The zero-order chi connectivity index (χ0) is 15.3. The van der Waals surface area contributed by atoms with Gasteiger partial charge in [-0.1, -0.05) is 17.5 Å². The third-order valence-corrected chi connectivity index (χ3v) is 2.41. The van der Waals surface area contributed by atoms with Gasteiger partial charge in [0.05, 0.1) is 0 Å². The van der Waals surface area contributed by atoms with Crippen molar-refractivity contribution < 1.29 is 18.3 Å². The molecule has 0 saturated carbocycles. The van der Waals surface area contributed by atoms with E-state index in [0.717, 1.165) is 6.92 Å². The summed E-state index contributed by atoms with van der Waals surface area (Å²) in [6.45, 7) is 4.08. The maximum Gasteiger partial charge on any atom is 0.284 e. The first-order chi connectivity index (χ1) is 9.38. The molecule has 3 nitrogen and oxygen atoms in total. The van der Waals surface area contributed by atoms with Gasteiger partial charge in [-0.05, 0) is 24.9 Å². The van der Waals surface area contributed by atoms with E-state index in [1.165, 1.54) is 18.2 Å². The van der Waals surface area contributed by atoms with Gasteiger partial charge in [0, 0.05) is 17.5 Å². The van der Waals surface area contributed by atoms with Crippen LogP contribution in [0.2, 0.25) is 5.02 Å². The van der Waals surface area contributed by atoms with Gasteiger partial charge in [0.1, 0.15) is 5.75 Å². The number of alkyl halides is 2. The summed E-state index contributed by atoms with van der Waals surface area (Å²) in [7, 11) is 0. The van der Waals surface area contributed by atoms with Crippen LogP contribution < -0.4 is 4.74 Å². The van der Waals surface area contributed by atoms with Gasteiger partial charge >= 0.3 is 0 Å². The smallest absolute Gasteiger partial charge is 0.284 e. The summed E-state index contributed by atoms with van der Waals surface area (Å²) in [6.07, 6.45) is 2.23. The van der Waals surface area contributed by atoms with Crippen molar-refractivity contribution in [1.29, 1.82) is 0 Å². The summed E-state index contributed by atoms with van der Waals surface area (Å²) in [5, 5.41) is 0.253. The van der Waals surface area contributed by atoms with Gasteiger partial charge in [-0.15, -0.1) is 6.42 Å². The van der Waals surface area contributed by atoms with Gasteiger partial charge in [-0.2, -0.15) is 0 Å². The highest BCUT2D eigenvalue weighted by Gasteiger charge is 2.21. The summed E-state index contributed by atoms with van der Waals surface area (Å²) >= 11 is 5.81. The molecule has 6 heteroatoms. The molecule has 20 heavy (non-hydrogen) atoms. The monoisotopic (exact) mass is 297 g/mol. The Morgan fingerprint density at radius 2 is 2.15 bits per heavy atom. The fraction of sp³-hybridized carbons (Fsp3) is 0.143. The van der Waals surface area contributed by atoms with Crippen LogP contribution in [0.5, 0.6) is 5.75 Å². The number of hydrogen-bond acceptors (Lipinski definition) is 3. The van der Waals surface area contributed by atoms with Crippen LogP contribution in [-0.2, 0) is 4.79 Å². The standard InChI is InChI=1S/C14H10ClF2NO2/c1-4-9-5-10(15)7-11(6-9)20-13(8(2)19)12(18-3)14(16)17/h1,5-7,14H,3H2,2H3. The van der Waals surface area contributed by atoms with E-state index in [-0.39, 0.29) is 10.8 Å². The summed E-state index contributed by atoms with van der Waals surface area (Å²) in [6, 6.07) is 4.23. The van der Waals surface area contributed by atoms with Crippen molar-refractivity contribution in [3.8, 4) is 18.1 Å². The fourth-order valence-electron chi connectivity index (χ4n) is 1.37. The predicted molar refractivity (Wildman–Crippen MR) is 73.3 cm³/mol. The lowest BCUT2D eigenvalue weighted by molar-refractivity contribution is -0.115. The predicted octanol–water partition coefficient (Wildman–Crippen LogP) is 3.47. The maximum absolute atomic E-state index is 12.8. The largest absolute Gasteiger partial charge is 0.451 e. The van der Waals surface area contributed by atoms with E-state index in [0.29, 0.717) is 5.56 Å². The van der Waals surface area contributed by atoms with Crippen LogP contribution in [0.15, 0.2) is 34.6 Å². The molecule has 0 N–H and O–H groups in total. The Kier molecular flexibility index (Phi) is 5.42. The molecule has 0 fully saturated rings. The van der Waals surface area contributed by atoms with E-state index in [4.69, 9.17) is 22.8 Å². The lowest BCUT2D eigenvalue weighted by Crippen LogP contribution is -2.12. The van der Waals surface area contributed by atoms with Gasteiger partial charge in [0.25, 0.3) is 6.43 Å². The van der Waals surface area contributed by atoms with E-state index < -0.39 is 23.7 Å². The number of halogens is 3. The average Bonchev–Trinajstić information content (AvgIpc) is 2.37. The van der Waals surface area contributed by atoms with E-state index >= 15 is 0 Å². The zero-order valence-electron chi connectivity index (χ0n) is 10.5. The maximum atomic E-state index is 12.8. The van der Waals surface area contributed by atoms with Gasteiger partial charge < -0.3 is 4.74 Å². The number of ketones is 1. The Morgan fingerprint density at radius 3 is 2.60 bits per heavy atom. The number of carbonyl (C=O) groups excluding carboxylic acids is 1. The highest BCUT2D eigenvalue weighted by atomic mass is 35.5. The molecule has 104 valence electrons. The highest BCUT2D eigenvalue weighted by molar-refractivity contribution is 6.30. The number of terminal acetylenes is 1. The molecule has 0 bridgehead atoms. The highest BCUT2D eigenvalue weighted by Crippen LogP contribution is 2.25. The molecule has 0 aromatic heterocycles. The Labute approximate surface area is 119 Å². The van der Waals surface area contributed by atoms with Crippen molar-refractivity contribution in [2.24, 2.45) is 4.99 Å². The third-order valence-electron chi connectivity index (χ3n) is 2.19. The number of ether oxygens (including phenoxy) is 1. The Hall–Kier alpha value is -2.19. The van der Waals surface area contributed by atoms with E-state index in [1.807, 2.05) is 0 Å². The molecule has 0 atom stereocenters. The second-order valence-corrected chi connectivity index (χ2v) is 4.09. The van der Waals surface area contributed by atoms with Crippen LogP contribution in [0.25, 0.3) is 0 Å². The van der Waals surface area contributed by atoms with Gasteiger partial charge in [0.15, 0.2) is 17.2 Å². The molecule has 0 spiro atoms. The quantitative estimate of drug-likeness (QED) is 0.361. The number of carbonyl (C=O) groups is 1. The molecular formula is C14H10ClF2NO2. The molecule has 1 aromatic rings. The second kappa shape index (κ2) is 6.83. The molecular weight excluding hydrogens is 288 g/mol. The summed E-state index contributed by atoms with van der Waals surface area (Å²) in [4.78, 5) is 14.5. The molecule has 0 aliphatic heterocycles. The van der Waals surface area contributed by atoms with Crippen molar-refractivity contribution in [1.82, 2.24) is 0 Å². The molecule has 1 rings (SSSR count). The lowest BCUT2D eigenvalue weighted by atomic mass is 10.2. The second-order valence-electron chi connectivity index (χ2n) is 3.65. The minimum Gasteiger partial charge on any atom is -0.451 e. The first-order valence-corrected chi connectivity index (χ1v) is 5.71. The first kappa shape index (κ1) is 15.9. The number of rotatable bonds is 5. The number of aliphatic imine (C=N–C) groups is 1. The molecule has 1 aromatic carbocycles. The van der Waals surface area contributed by atoms with E-state index in [1.54, 1.807) is 0 Å². The topological polar surface area (TPSA) is 38.7 Å². The van der Waals surface area contributed by atoms with Gasteiger partial charge in [-0.3, -0.25) is 9.79 Å². The van der Waals surface area contributed by atoms with Crippen molar-refractivity contribution in [3.05, 3.63) is 40.2 Å². The Morgan fingerprint density at radius 1 is 1.50 bits per heavy atom. The molecule has 0 aliphatic rings. The molecule has 0 radical (unpaired) electrons. The van der Waals surface area contributed by atoms with Crippen molar-refractivity contribution in [2.45, 2.75) is 13.3 Å². The van der Waals surface area contributed by atoms with Gasteiger partial charge in [-0.25, -0.2) is 8.78 Å². The van der Waals surface area contributed by atoms with Crippen LogP contribution >= 0.6 is 11.6 Å². The third kappa shape index (κ3) is 3.90. The normalized spacial score (nSPS) is 11.6. The van der Waals surface area contributed by atoms with Crippen LogP contribution in [0.3, 0.4) is 0 Å². The molecule has 0 aliphatic carbocycles. The summed E-state index contributed by atoms with van der Waals surface area (Å²) in [5.74, 6) is 1.08. The van der Waals surface area contributed by atoms with Crippen molar-refractivity contribution in [3.63, 3.8) is 0 Å². The van der Waals surface area contributed by atoms with Crippen LogP contribution in [-0.4, -0.2) is 18.9 Å². The molecule has 0 unspecified atom stereocenters. The van der Waals surface area contributed by atoms with Crippen LogP contribution in [0.4, 0.5) is 8.78 Å². The van der Waals surface area contributed by atoms with Crippen molar-refractivity contribution in [2.75, 3.05) is 0 Å². The van der Waals surface area contributed by atoms with Crippen LogP contribution in [0, 0.1) is 12.3 Å². The minimum atomic E-state index is -2.99. The van der Waals surface area contributed by atoms with Crippen molar-refractivity contribution >= 4 is 24.1 Å². The fourth-order valence-corrected chi connectivity index (χ4v) is 1.59. The van der Waals surface area contributed by atoms with Crippen LogP contribution in [0.1, 0.15) is 12.5 Å². The van der Waals surface area contributed by atoms with Gasteiger partial charge in [0.2, 0.25) is 0 Å². The number of nitrogens with zero attached hydrogens (tertiary/aromatic N) is 1. The molecule has 0 saturated heterocycles. The first-order valence-electron chi connectivity index (χ1n) is 5.34. The molecule has 0 heterocycles. The summed E-state index contributed by atoms with van der Waals surface area (Å²) in [5.41, 5.74) is -0.444. The Bertz CT molecular complexity index is 618.